The Balaban J connectivity index is 2.62. The zero-order chi connectivity index (χ0) is 18.4. The summed E-state index contributed by atoms with van der Waals surface area (Å²) in [6.45, 7) is 12.0. The number of hydrogen-bond donors (Lipinski definition) is 1. The zero-order valence-electron chi connectivity index (χ0n) is 15.7. The van der Waals surface area contributed by atoms with Crippen LogP contribution in [0.15, 0.2) is 30.3 Å². The maximum Gasteiger partial charge on any atom is 0.407 e. The van der Waals surface area contributed by atoms with E-state index in [4.69, 9.17) is 9.16 Å². The van der Waals surface area contributed by atoms with Crippen LogP contribution >= 0.6 is 0 Å². The second kappa shape index (κ2) is 8.64. The van der Waals surface area contributed by atoms with Gasteiger partial charge in [-0.05, 0) is 23.7 Å². The Morgan fingerprint density at radius 2 is 1.79 bits per heavy atom. The van der Waals surface area contributed by atoms with Gasteiger partial charge in [0.15, 0.2) is 8.32 Å². The molecule has 0 heterocycles. The third kappa shape index (κ3) is 6.26. The number of carboxylic acid groups (broad SMARTS) is 1. The van der Waals surface area contributed by atoms with Gasteiger partial charge in [-0.25, -0.2) is 4.79 Å². The molecule has 24 heavy (non-hydrogen) atoms. The van der Waals surface area contributed by atoms with E-state index in [-0.39, 0.29) is 11.1 Å². The monoisotopic (exact) mass is 353 g/mol. The van der Waals surface area contributed by atoms with Crippen molar-refractivity contribution in [2.24, 2.45) is 0 Å². The van der Waals surface area contributed by atoms with Crippen LogP contribution in [0.1, 0.15) is 26.3 Å². The SMILES string of the molecule is CN(C(=O)O)[C@@H](COCc1ccccc1)CO[Si](C)(C)C(C)(C)C. The molecule has 6 heteroatoms. The van der Waals surface area contributed by atoms with Gasteiger partial charge in [0.25, 0.3) is 0 Å². The molecule has 0 aliphatic carbocycles. The third-order valence-corrected chi connectivity index (χ3v) is 9.21. The van der Waals surface area contributed by atoms with Crippen LogP contribution < -0.4 is 0 Å². The highest BCUT2D eigenvalue weighted by molar-refractivity contribution is 6.74. The van der Waals surface area contributed by atoms with Crippen molar-refractivity contribution in [3.8, 4) is 0 Å². The van der Waals surface area contributed by atoms with Gasteiger partial charge in [-0.15, -0.1) is 0 Å². The lowest BCUT2D eigenvalue weighted by Crippen LogP contribution is -2.48. The quantitative estimate of drug-likeness (QED) is 0.712. The molecular weight excluding hydrogens is 322 g/mol. The second-order valence-corrected chi connectivity index (χ2v) is 12.4. The maximum absolute atomic E-state index is 11.3. The van der Waals surface area contributed by atoms with E-state index < -0.39 is 14.4 Å². The van der Waals surface area contributed by atoms with Gasteiger partial charge in [0, 0.05) is 7.05 Å². The largest absolute Gasteiger partial charge is 0.465 e. The van der Waals surface area contributed by atoms with E-state index in [0.717, 1.165) is 5.56 Å². The molecule has 0 aliphatic heterocycles. The molecule has 1 amide bonds. The van der Waals surface area contributed by atoms with Crippen molar-refractivity contribution in [3.05, 3.63) is 35.9 Å². The highest BCUT2D eigenvalue weighted by Gasteiger charge is 2.38. The Hall–Kier alpha value is -1.37. The molecule has 1 atom stereocenters. The maximum atomic E-state index is 11.3. The molecule has 0 radical (unpaired) electrons. The molecule has 1 N–H and O–H groups in total. The van der Waals surface area contributed by atoms with Crippen LogP contribution in [0.3, 0.4) is 0 Å². The molecule has 136 valence electrons. The van der Waals surface area contributed by atoms with Crippen LogP contribution in [0.5, 0.6) is 0 Å². The summed E-state index contributed by atoms with van der Waals surface area (Å²) in [6.07, 6.45) is -0.970. The first-order chi connectivity index (χ1) is 11.0. The van der Waals surface area contributed by atoms with Crippen molar-refractivity contribution in [3.63, 3.8) is 0 Å². The number of amides is 1. The number of likely N-dealkylation sites (N-methyl/N-ethyl adjacent to an activating group) is 1. The first-order valence-electron chi connectivity index (χ1n) is 8.26. The van der Waals surface area contributed by atoms with Gasteiger partial charge in [0.2, 0.25) is 0 Å². The van der Waals surface area contributed by atoms with Crippen molar-refractivity contribution in [2.45, 2.75) is 51.6 Å². The summed E-state index contributed by atoms with van der Waals surface area (Å²) in [5, 5.41) is 9.37. The number of ether oxygens (including phenoxy) is 1. The minimum Gasteiger partial charge on any atom is -0.465 e. The van der Waals surface area contributed by atoms with Gasteiger partial charge < -0.3 is 19.2 Å². The molecule has 0 spiro atoms. The fourth-order valence-electron chi connectivity index (χ4n) is 1.84. The van der Waals surface area contributed by atoms with Gasteiger partial charge in [-0.3, -0.25) is 0 Å². The molecule has 0 saturated carbocycles. The molecule has 0 unspecified atom stereocenters. The number of hydrogen-bond acceptors (Lipinski definition) is 3. The molecule has 0 aliphatic rings. The first-order valence-corrected chi connectivity index (χ1v) is 11.2. The van der Waals surface area contributed by atoms with Gasteiger partial charge in [-0.1, -0.05) is 51.1 Å². The summed E-state index contributed by atoms with van der Waals surface area (Å²) >= 11 is 0. The van der Waals surface area contributed by atoms with E-state index in [1.165, 1.54) is 4.90 Å². The molecular formula is C18H31NO4Si. The second-order valence-electron chi connectivity index (χ2n) is 7.62. The fourth-order valence-corrected chi connectivity index (χ4v) is 2.88. The van der Waals surface area contributed by atoms with E-state index in [9.17, 15) is 9.90 Å². The Bertz CT molecular complexity index is 514. The normalized spacial score (nSPS) is 13.6. The average molecular weight is 354 g/mol. The predicted molar refractivity (Wildman–Crippen MR) is 98.8 cm³/mol. The highest BCUT2D eigenvalue weighted by Crippen LogP contribution is 2.36. The van der Waals surface area contributed by atoms with E-state index in [0.29, 0.717) is 19.8 Å². The number of benzene rings is 1. The predicted octanol–water partition coefficient (Wildman–Crippen LogP) is 4.20. The summed E-state index contributed by atoms with van der Waals surface area (Å²) in [6, 6.07) is 9.53. The smallest absolute Gasteiger partial charge is 0.407 e. The van der Waals surface area contributed by atoms with Crippen molar-refractivity contribution in [2.75, 3.05) is 20.3 Å². The van der Waals surface area contributed by atoms with Gasteiger partial charge in [-0.2, -0.15) is 0 Å². The number of nitrogens with zero attached hydrogens (tertiary/aromatic N) is 1. The van der Waals surface area contributed by atoms with Crippen molar-refractivity contribution < 1.29 is 19.1 Å². The Kier molecular flexibility index (Phi) is 7.44. The van der Waals surface area contributed by atoms with E-state index >= 15 is 0 Å². The molecule has 1 rings (SSSR count). The van der Waals surface area contributed by atoms with Gasteiger partial charge in [0.1, 0.15) is 0 Å². The molecule has 5 nitrogen and oxygen atoms in total. The van der Waals surface area contributed by atoms with Crippen LogP contribution in [0, 0.1) is 0 Å². The zero-order valence-corrected chi connectivity index (χ0v) is 16.7. The van der Waals surface area contributed by atoms with Crippen molar-refractivity contribution in [1.29, 1.82) is 0 Å². The molecule has 0 aromatic heterocycles. The summed E-state index contributed by atoms with van der Waals surface area (Å²) in [4.78, 5) is 12.6. The minimum atomic E-state index is -1.93. The molecule has 1 aromatic rings. The number of carbonyl (C=O) groups is 1. The topological polar surface area (TPSA) is 59.0 Å². The molecule has 1 aromatic carbocycles. The van der Waals surface area contributed by atoms with Gasteiger partial charge in [0.05, 0.1) is 25.9 Å². The van der Waals surface area contributed by atoms with Crippen LogP contribution in [0.4, 0.5) is 4.79 Å². The standard InChI is InChI=1S/C18H31NO4Si/c1-18(2,3)24(5,6)23-14-16(19(4)17(20)21)13-22-12-15-10-8-7-9-11-15/h7-11,16H,12-14H2,1-6H3,(H,20,21)/t16-/m0/s1. The van der Waals surface area contributed by atoms with E-state index in [1.807, 2.05) is 30.3 Å². The van der Waals surface area contributed by atoms with Crippen molar-refractivity contribution in [1.82, 2.24) is 4.90 Å². The lowest BCUT2D eigenvalue weighted by molar-refractivity contribution is 0.0376. The number of rotatable bonds is 8. The third-order valence-electron chi connectivity index (χ3n) is 4.71. The summed E-state index contributed by atoms with van der Waals surface area (Å²) < 4.78 is 11.9. The average Bonchev–Trinajstić information content (AvgIpc) is 2.49. The summed E-state index contributed by atoms with van der Waals surface area (Å²) in [7, 11) is -0.363. The summed E-state index contributed by atoms with van der Waals surface area (Å²) in [5.41, 5.74) is 1.07. The van der Waals surface area contributed by atoms with Crippen LogP contribution in [0.2, 0.25) is 18.1 Å². The Morgan fingerprint density at radius 1 is 1.21 bits per heavy atom. The Labute approximate surface area is 146 Å². The highest BCUT2D eigenvalue weighted by atomic mass is 28.4. The minimum absolute atomic E-state index is 0.0875. The Morgan fingerprint density at radius 3 is 2.29 bits per heavy atom. The van der Waals surface area contributed by atoms with E-state index in [2.05, 4.69) is 33.9 Å². The molecule has 0 bridgehead atoms. The fraction of sp³-hybridized carbons (Fsp3) is 0.611. The van der Waals surface area contributed by atoms with Crippen LogP contribution in [0.25, 0.3) is 0 Å². The van der Waals surface area contributed by atoms with E-state index in [1.54, 1.807) is 7.05 Å². The lowest BCUT2D eigenvalue weighted by atomic mass is 10.2. The lowest BCUT2D eigenvalue weighted by Gasteiger charge is -2.38. The molecule has 0 saturated heterocycles. The van der Waals surface area contributed by atoms with Crippen LogP contribution in [-0.4, -0.2) is 50.7 Å². The first kappa shape index (κ1) is 20.7. The van der Waals surface area contributed by atoms with Crippen LogP contribution in [-0.2, 0) is 15.8 Å². The molecule has 0 fully saturated rings. The van der Waals surface area contributed by atoms with Gasteiger partial charge >= 0.3 is 6.09 Å². The van der Waals surface area contributed by atoms with Crippen molar-refractivity contribution >= 4 is 14.4 Å². The summed E-state index contributed by atoms with van der Waals surface area (Å²) in [5.74, 6) is 0.